The summed E-state index contributed by atoms with van der Waals surface area (Å²) in [5.74, 6) is -0.748. The lowest BCUT2D eigenvalue weighted by Crippen LogP contribution is -2.21. The molecule has 0 atom stereocenters. The van der Waals surface area contributed by atoms with Gasteiger partial charge in [-0.25, -0.2) is 0 Å². The molecule has 0 saturated carbocycles. The molecule has 0 aliphatic heterocycles. The van der Waals surface area contributed by atoms with Gasteiger partial charge in [-0.1, -0.05) is 31.2 Å². The van der Waals surface area contributed by atoms with Crippen molar-refractivity contribution in [3.63, 3.8) is 0 Å². The zero-order chi connectivity index (χ0) is 21.2. The number of nitrogens with one attached hydrogen (secondary N) is 2. The Kier molecular flexibility index (Phi) is 8.21. The molecule has 0 spiro atoms. The van der Waals surface area contributed by atoms with Crippen molar-refractivity contribution in [2.24, 2.45) is 0 Å². The maximum atomic E-state index is 12.1. The van der Waals surface area contributed by atoms with Crippen molar-refractivity contribution in [2.75, 3.05) is 24.4 Å². The lowest BCUT2D eigenvalue weighted by molar-refractivity contribution is -0.147. The Bertz CT molecular complexity index is 862. The summed E-state index contributed by atoms with van der Waals surface area (Å²) >= 11 is 0. The first-order valence-electron chi connectivity index (χ1n) is 9.40. The van der Waals surface area contributed by atoms with Crippen LogP contribution in [-0.4, -0.2) is 31.5 Å². The summed E-state index contributed by atoms with van der Waals surface area (Å²) in [4.78, 5) is 35.2. The molecule has 2 N–H and O–H groups in total. The van der Waals surface area contributed by atoms with E-state index in [9.17, 15) is 14.4 Å². The predicted octanol–water partition coefficient (Wildman–Crippen LogP) is 3.33. The zero-order valence-electron chi connectivity index (χ0n) is 16.9. The minimum absolute atomic E-state index is 0.195. The Morgan fingerprint density at radius 1 is 0.966 bits per heavy atom. The number of benzene rings is 2. The average molecular weight is 398 g/mol. The van der Waals surface area contributed by atoms with E-state index < -0.39 is 18.5 Å². The van der Waals surface area contributed by atoms with Gasteiger partial charge in [0.05, 0.1) is 12.8 Å². The van der Waals surface area contributed by atoms with Crippen molar-refractivity contribution < 1.29 is 23.9 Å². The van der Waals surface area contributed by atoms with Crippen LogP contribution in [0.4, 0.5) is 11.4 Å². The third kappa shape index (κ3) is 7.29. The molecule has 0 unspecified atom stereocenters. The minimum atomic E-state index is -0.496. The van der Waals surface area contributed by atoms with Crippen molar-refractivity contribution in [2.45, 2.75) is 33.1 Å². The topological polar surface area (TPSA) is 93.7 Å². The van der Waals surface area contributed by atoms with Crippen molar-refractivity contribution in [1.82, 2.24) is 0 Å². The van der Waals surface area contributed by atoms with Crippen LogP contribution in [0.15, 0.2) is 42.5 Å². The number of hydrogen-bond acceptors (Lipinski definition) is 5. The van der Waals surface area contributed by atoms with Crippen molar-refractivity contribution >= 4 is 29.2 Å². The highest BCUT2D eigenvalue weighted by atomic mass is 16.5. The molecule has 0 aromatic heterocycles. The molecule has 2 aromatic rings. The molecular formula is C22H26N2O5. The van der Waals surface area contributed by atoms with E-state index in [1.165, 1.54) is 19.6 Å². The highest BCUT2D eigenvalue weighted by Crippen LogP contribution is 2.27. The number of carbonyl (C=O) groups is 3. The van der Waals surface area contributed by atoms with Gasteiger partial charge in [0.25, 0.3) is 5.91 Å². The number of ether oxygens (including phenoxy) is 2. The monoisotopic (exact) mass is 398 g/mol. The third-order valence-corrected chi connectivity index (χ3v) is 4.21. The first-order chi connectivity index (χ1) is 13.9. The first-order valence-corrected chi connectivity index (χ1v) is 9.40. The molecule has 0 bridgehead atoms. The van der Waals surface area contributed by atoms with E-state index in [0.29, 0.717) is 23.5 Å². The summed E-state index contributed by atoms with van der Waals surface area (Å²) < 4.78 is 10.3. The van der Waals surface area contributed by atoms with Gasteiger partial charge in [-0.15, -0.1) is 0 Å². The molecule has 0 heterocycles. The fourth-order valence-corrected chi connectivity index (χ4v) is 2.68. The summed E-state index contributed by atoms with van der Waals surface area (Å²) in [6.07, 6.45) is 1.72. The van der Waals surface area contributed by atoms with Crippen LogP contribution in [0.25, 0.3) is 0 Å². The molecule has 154 valence electrons. The molecule has 7 nitrogen and oxygen atoms in total. The maximum absolute atomic E-state index is 12.1. The van der Waals surface area contributed by atoms with Gasteiger partial charge in [0.1, 0.15) is 5.75 Å². The maximum Gasteiger partial charge on any atom is 0.306 e. The van der Waals surface area contributed by atoms with Crippen LogP contribution in [-0.2, 0) is 32.0 Å². The Labute approximate surface area is 170 Å². The van der Waals surface area contributed by atoms with Crippen molar-refractivity contribution in [3.8, 4) is 5.75 Å². The van der Waals surface area contributed by atoms with E-state index in [2.05, 4.69) is 17.6 Å². The van der Waals surface area contributed by atoms with Crippen LogP contribution in [0.3, 0.4) is 0 Å². The standard InChI is InChI=1S/C22H26N2O5/c1-4-16-5-7-17(8-6-16)9-12-22(27)29-14-21(26)24-19-13-18(23-15(2)25)10-11-20(19)28-3/h5-8,10-11,13H,4,9,12,14H2,1-3H3,(H,23,25)(H,24,26). The third-order valence-electron chi connectivity index (χ3n) is 4.21. The summed E-state index contributed by atoms with van der Waals surface area (Å²) in [5.41, 5.74) is 3.17. The van der Waals surface area contributed by atoms with Gasteiger partial charge in [-0.05, 0) is 42.2 Å². The molecule has 2 amide bonds. The van der Waals surface area contributed by atoms with Crippen LogP contribution >= 0.6 is 0 Å². The largest absolute Gasteiger partial charge is 0.495 e. The van der Waals surface area contributed by atoms with Crippen LogP contribution in [0.2, 0.25) is 0 Å². The van der Waals surface area contributed by atoms with Crippen LogP contribution in [0.1, 0.15) is 31.4 Å². The van der Waals surface area contributed by atoms with E-state index in [1.807, 2.05) is 24.3 Å². The number of aryl methyl sites for hydroxylation is 2. The van der Waals surface area contributed by atoms with Gasteiger partial charge in [0.2, 0.25) is 5.91 Å². The Balaban J connectivity index is 1.83. The Morgan fingerprint density at radius 2 is 1.66 bits per heavy atom. The van der Waals surface area contributed by atoms with E-state index in [4.69, 9.17) is 9.47 Å². The van der Waals surface area contributed by atoms with Gasteiger partial charge < -0.3 is 20.1 Å². The van der Waals surface area contributed by atoms with Crippen LogP contribution in [0, 0.1) is 0 Å². The molecular weight excluding hydrogens is 372 g/mol. The highest BCUT2D eigenvalue weighted by Gasteiger charge is 2.12. The first kappa shape index (κ1) is 21.9. The fourth-order valence-electron chi connectivity index (χ4n) is 2.68. The van der Waals surface area contributed by atoms with Gasteiger partial charge >= 0.3 is 5.97 Å². The minimum Gasteiger partial charge on any atom is -0.495 e. The lowest BCUT2D eigenvalue weighted by Gasteiger charge is -2.12. The zero-order valence-corrected chi connectivity index (χ0v) is 16.9. The second kappa shape index (κ2) is 10.8. The van der Waals surface area contributed by atoms with Crippen molar-refractivity contribution in [1.29, 1.82) is 0 Å². The SMILES string of the molecule is CCc1ccc(CCC(=O)OCC(=O)Nc2cc(NC(C)=O)ccc2OC)cc1. The number of carbonyl (C=O) groups excluding carboxylic acids is 3. The van der Waals surface area contributed by atoms with Gasteiger partial charge in [-0.2, -0.15) is 0 Å². The van der Waals surface area contributed by atoms with E-state index >= 15 is 0 Å². The van der Waals surface area contributed by atoms with Gasteiger partial charge in [0.15, 0.2) is 6.61 Å². The number of methoxy groups -OCH3 is 1. The fraction of sp³-hybridized carbons (Fsp3) is 0.318. The Morgan fingerprint density at radius 3 is 2.28 bits per heavy atom. The van der Waals surface area contributed by atoms with Gasteiger partial charge in [-0.3, -0.25) is 14.4 Å². The molecule has 0 fully saturated rings. The summed E-state index contributed by atoms with van der Waals surface area (Å²) in [5, 5.41) is 5.25. The molecule has 0 radical (unpaired) electrons. The normalized spacial score (nSPS) is 10.2. The van der Waals surface area contributed by atoms with Crippen LogP contribution in [0.5, 0.6) is 5.75 Å². The summed E-state index contributed by atoms with van der Waals surface area (Å²) in [6, 6.07) is 12.9. The molecule has 2 aromatic carbocycles. The average Bonchev–Trinajstić information content (AvgIpc) is 2.71. The number of hydrogen-bond donors (Lipinski definition) is 2. The number of esters is 1. The molecule has 2 rings (SSSR count). The lowest BCUT2D eigenvalue weighted by atomic mass is 10.1. The summed E-state index contributed by atoms with van der Waals surface area (Å²) in [7, 11) is 1.47. The number of amides is 2. The molecule has 29 heavy (non-hydrogen) atoms. The van der Waals surface area contributed by atoms with E-state index in [-0.39, 0.29) is 12.3 Å². The molecule has 0 saturated heterocycles. The van der Waals surface area contributed by atoms with E-state index in [1.54, 1.807) is 18.2 Å². The second-order valence-corrected chi connectivity index (χ2v) is 6.48. The highest BCUT2D eigenvalue weighted by molar-refractivity contribution is 5.96. The molecule has 0 aliphatic rings. The van der Waals surface area contributed by atoms with Crippen LogP contribution < -0.4 is 15.4 Å². The quantitative estimate of drug-likeness (QED) is 0.632. The Hall–Kier alpha value is -3.35. The second-order valence-electron chi connectivity index (χ2n) is 6.48. The number of anilines is 2. The predicted molar refractivity (Wildman–Crippen MR) is 111 cm³/mol. The van der Waals surface area contributed by atoms with E-state index in [0.717, 1.165) is 12.0 Å². The molecule has 0 aliphatic carbocycles. The summed E-state index contributed by atoms with van der Waals surface area (Å²) in [6.45, 7) is 3.07. The molecule has 7 heteroatoms. The van der Waals surface area contributed by atoms with Gasteiger partial charge in [0, 0.05) is 19.0 Å². The van der Waals surface area contributed by atoms with Crippen molar-refractivity contribution in [3.05, 3.63) is 53.6 Å². The number of rotatable bonds is 9. The smallest absolute Gasteiger partial charge is 0.306 e.